The van der Waals surface area contributed by atoms with Gasteiger partial charge in [-0.25, -0.2) is 8.42 Å². The van der Waals surface area contributed by atoms with Gasteiger partial charge in [0.15, 0.2) is 9.84 Å². The first kappa shape index (κ1) is 17.7. The number of thiophene rings is 1. The quantitative estimate of drug-likeness (QED) is 0.803. The van der Waals surface area contributed by atoms with E-state index in [2.05, 4.69) is 0 Å². The lowest BCUT2D eigenvalue weighted by atomic mass is 10.2. The van der Waals surface area contributed by atoms with Gasteiger partial charge in [0, 0.05) is 18.3 Å². The van der Waals surface area contributed by atoms with E-state index in [0.29, 0.717) is 6.54 Å². The van der Waals surface area contributed by atoms with Crippen molar-refractivity contribution in [1.29, 1.82) is 0 Å². The van der Waals surface area contributed by atoms with Gasteiger partial charge in [-0.1, -0.05) is 17.7 Å². The highest BCUT2D eigenvalue weighted by atomic mass is 32.2. The first-order valence-electron chi connectivity index (χ1n) is 7.36. The molecule has 1 heterocycles. The lowest BCUT2D eigenvalue weighted by Crippen LogP contribution is -2.27. The van der Waals surface area contributed by atoms with Gasteiger partial charge in [-0.15, -0.1) is 11.3 Å². The minimum atomic E-state index is -3.42. The molecule has 0 aliphatic rings. The molecule has 1 amide bonds. The largest absolute Gasteiger partial charge is 0.341 e. The van der Waals surface area contributed by atoms with Crippen LogP contribution in [0.25, 0.3) is 0 Å². The van der Waals surface area contributed by atoms with Crippen LogP contribution >= 0.6 is 11.3 Å². The third kappa shape index (κ3) is 4.65. The number of sulfone groups is 1. The Morgan fingerprint density at radius 3 is 2.35 bits per heavy atom. The van der Waals surface area contributed by atoms with Crippen molar-refractivity contribution in [2.45, 2.75) is 31.7 Å². The van der Waals surface area contributed by atoms with Gasteiger partial charge in [0.2, 0.25) is 5.91 Å². The Labute approximate surface area is 141 Å². The fourth-order valence-corrected chi connectivity index (χ4v) is 4.33. The van der Waals surface area contributed by atoms with Gasteiger partial charge < -0.3 is 4.90 Å². The zero-order valence-electron chi connectivity index (χ0n) is 13.6. The maximum Gasteiger partial charge on any atom is 0.223 e. The van der Waals surface area contributed by atoms with Crippen LogP contribution in [0.2, 0.25) is 0 Å². The van der Waals surface area contributed by atoms with Gasteiger partial charge in [-0.05, 0) is 43.0 Å². The lowest BCUT2D eigenvalue weighted by Gasteiger charge is -2.17. The van der Waals surface area contributed by atoms with E-state index in [9.17, 15) is 13.2 Å². The second-order valence-electron chi connectivity index (χ2n) is 5.66. The van der Waals surface area contributed by atoms with Crippen molar-refractivity contribution in [3.63, 3.8) is 0 Å². The van der Waals surface area contributed by atoms with Crippen LogP contribution in [0.4, 0.5) is 0 Å². The van der Waals surface area contributed by atoms with Crippen molar-refractivity contribution in [3.8, 4) is 0 Å². The highest BCUT2D eigenvalue weighted by Gasteiger charge is 2.18. The van der Waals surface area contributed by atoms with Gasteiger partial charge in [0.25, 0.3) is 0 Å². The van der Waals surface area contributed by atoms with Gasteiger partial charge in [-0.2, -0.15) is 0 Å². The Kier molecular flexibility index (Phi) is 5.59. The maximum atomic E-state index is 12.3. The molecule has 124 valence electrons. The molecule has 0 unspecified atom stereocenters. The Hall–Kier alpha value is -1.66. The number of nitrogens with zero attached hydrogens (tertiary/aromatic N) is 1. The Morgan fingerprint density at radius 1 is 1.13 bits per heavy atom. The van der Waals surface area contributed by atoms with Gasteiger partial charge >= 0.3 is 0 Å². The molecule has 0 spiro atoms. The second-order valence-corrected chi connectivity index (χ2v) is 8.77. The van der Waals surface area contributed by atoms with Gasteiger partial charge in [0.1, 0.15) is 0 Å². The molecule has 0 fully saturated rings. The van der Waals surface area contributed by atoms with E-state index in [-0.39, 0.29) is 23.0 Å². The summed E-state index contributed by atoms with van der Waals surface area (Å²) in [7, 11) is -1.71. The zero-order valence-corrected chi connectivity index (χ0v) is 15.2. The number of hydrogen-bond acceptors (Lipinski definition) is 4. The van der Waals surface area contributed by atoms with Crippen molar-refractivity contribution < 1.29 is 13.2 Å². The standard InChI is InChI=1S/C17H21NO3S2/c1-13-4-6-15(7-5-13)23(20,21)11-9-17(19)18(3)12-16-14(2)8-10-22-16/h4-8,10H,9,11-12H2,1-3H3. The summed E-state index contributed by atoms with van der Waals surface area (Å²) in [6.07, 6.45) is -0.00284. The molecule has 2 aromatic rings. The van der Waals surface area contributed by atoms with E-state index in [1.165, 1.54) is 0 Å². The van der Waals surface area contributed by atoms with E-state index in [1.54, 1.807) is 47.5 Å². The number of carbonyl (C=O) groups excluding carboxylic acids is 1. The Morgan fingerprint density at radius 2 is 1.78 bits per heavy atom. The van der Waals surface area contributed by atoms with Gasteiger partial charge in [-0.3, -0.25) is 4.79 Å². The third-order valence-corrected chi connectivity index (χ3v) is 6.48. The van der Waals surface area contributed by atoms with Crippen molar-refractivity contribution in [3.05, 3.63) is 51.7 Å². The Bertz CT molecular complexity index is 776. The molecule has 0 atom stereocenters. The summed E-state index contributed by atoms with van der Waals surface area (Å²) >= 11 is 1.60. The lowest BCUT2D eigenvalue weighted by molar-refractivity contribution is -0.129. The van der Waals surface area contributed by atoms with E-state index < -0.39 is 9.84 Å². The van der Waals surface area contributed by atoms with E-state index >= 15 is 0 Å². The predicted octanol–water partition coefficient (Wildman–Crippen LogP) is 3.19. The van der Waals surface area contributed by atoms with Gasteiger partial charge in [0.05, 0.1) is 17.2 Å². The van der Waals surface area contributed by atoms with Crippen LogP contribution < -0.4 is 0 Å². The van der Waals surface area contributed by atoms with Crippen LogP contribution in [-0.4, -0.2) is 32.0 Å². The predicted molar refractivity (Wildman–Crippen MR) is 93.4 cm³/mol. The third-order valence-electron chi connectivity index (χ3n) is 3.74. The summed E-state index contributed by atoms with van der Waals surface area (Å²) in [6, 6.07) is 8.72. The van der Waals surface area contributed by atoms with Crippen LogP contribution in [-0.2, 0) is 21.2 Å². The van der Waals surface area contributed by atoms with Crippen molar-refractivity contribution in [1.82, 2.24) is 4.90 Å². The van der Waals surface area contributed by atoms with Crippen LogP contribution in [0.1, 0.15) is 22.4 Å². The molecule has 0 aliphatic heterocycles. The van der Waals surface area contributed by atoms with Crippen molar-refractivity contribution in [2.24, 2.45) is 0 Å². The molecular formula is C17H21NO3S2. The van der Waals surface area contributed by atoms with Crippen LogP contribution in [0.15, 0.2) is 40.6 Å². The van der Waals surface area contributed by atoms with Crippen molar-refractivity contribution >= 4 is 27.1 Å². The molecule has 0 saturated carbocycles. The molecule has 0 saturated heterocycles. The number of carbonyl (C=O) groups is 1. The summed E-state index contributed by atoms with van der Waals surface area (Å²) in [6.45, 7) is 4.43. The fourth-order valence-electron chi connectivity index (χ4n) is 2.15. The normalized spacial score (nSPS) is 11.4. The smallest absolute Gasteiger partial charge is 0.223 e. The number of amides is 1. The highest BCUT2D eigenvalue weighted by Crippen LogP contribution is 2.18. The topological polar surface area (TPSA) is 54.5 Å². The van der Waals surface area contributed by atoms with Crippen LogP contribution in [0, 0.1) is 13.8 Å². The number of hydrogen-bond donors (Lipinski definition) is 0. The van der Waals surface area contributed by atoms with E-state index in [0.717, 1.165) is 16.0 Å². The Balaban J connectivity index is 1.95. The number of aryl methyl sites for hydroxylation is 2. The fraction of sp³-hybridized carbons (Fsp3) is 0.353. The molecule has 0 radical (unpaired) electrons. The summed E-state index contributed by atoms with van der Waals surface area (Å²) in [5, 5.41) is 1.99. The first-order valence-corrected chi connectivity index (χ1v) is 9.89. The van der Waals surface area contributed by atoms with Crippen LogP contribution in [0.5, 0.6) is 0 Å². The van der Waals surface area contributed by atoms with Crippen LogP contribution in [0.3, 0.4) is 0 Å². The SMILES string of the molecule is Cc1ccc(S(=O)(=O)CCC(=O)N(C)Cc2sccc2C)cc1. The summed E-state index contributed by atoms with van der Waals surface area (Å²) in [5.74, 6) is -0.323. The molecule has 1 aromatic heterocycles. The minimum Gasteiger partial charge on any atom is -0.341 e. The monoisotopic (exact) mass is 351 g/mol. The maximum absolute atomic E-state index is 12.3. The average molecular weight is 351 g/mol. The molecule has 4 nitrogen and oxygen atoms in total. The molecule has 6 heteroatoms. The van der Waals surface area contributed by atoms with E-state index in [4.69, 9.17) is 0 Å². The van der Waals surface area contributed by atoms with Crippen molar-refractivity contribution in [2.75, 3.05) is 12.8 Å². The second kappa shape index (κ2) is 7.27. The minimum absolute atomic E-state index is 0.00284. The van der Waals surface area contributed by atoms with E-state index in [1.807, 2.05) is 25.3 Å². The summed E-state index contributed by atoms with van der Waals surface area (Å²) in [4.78, 5) is 15.2. The molecule has 0 aliphatic carbocycles. The highest BCUT2D eigenvalue weighted by molar-refractivity contribution is 7.91. The molecule has 0 bridgehead atoms. The molecule has 2 rings (SSSR count). The first-order chi connectivity index (χ1) is 10.8. The molecule has 23 heavy (non-hydrogen) atoms. The summed E-state index contributed by atoms with van der Waals surface area (Å²) in [5.41, 5.74) is 2.16. The average Bonchev–Trinajstić information content (AvgIpc) is 2.90. The molecule has 0 N–H and O–H groups in total. The summed E-state index contributed by atoms with van der Waals surface area (Å²) < 4.78 is 24.5. The molecule has 1 aromatic carbocycles. The number of rotatable bonds is 6. The zero-order chi connectivity index (χ0) is 17.0. The number of benzene rings is 1. The molecular weight excluding hydrogens is 330 g/mol.